The molecule has 1 heterocycles. The molecule has 3 rings (SSSR count). The van der Waals surface area contributed by atoms with Crippen molar-refractivity contribution >= 4 is 0 Å². The number of fused-ring (bicyclic) bond motifs is 1. The lowest BCUT2D eigenvalue weighted by molar-refractivity contribution is 0.363. The van der Waals surface area contributed by atoms with E-state index in [4.69, 9.17) is 4.74 Å². The number of nitrogens with one attached hydrogen (secondary N) is 1. The lowest BCUT2D eigenvalue weighted by Crippen LogP contribution is -2.31. The van der Waals surface area contributed by atoms with E-state index in [9.17, 15) is 0 Å². The molecule has 1 aliphatic heterocycles. The van der Waals surface area contributed by atoms with E-state index in [-0.39, 0.29) is 0 Å². The second-order valence-electron chi connectivity index (χ2n) is 5.65. The highest BCUT2D eigenvalue weighted by Gasteiger charge is 2.22. The first-order valence-electron chi connectivity index (χ1n) is 7.27. The first kappa shape index (κ1) is 12.0. The van der Waals surface area contributed by atoms with Crippen molar-refractivity contribution in [2.45, 2.75) is 38.5 Å². The maximum absolute atomic E-state index is 5.59. The fourth-order valence-corrected chi connectivity index (χ4v) is 3.52. The fraction of sp³-hybridized carbons (Fsp3) is 0.625. The Morgan fingerprint density at radius 1 is 1.28 bits per heavy atom. The van der Waals surface area contributed by atoms with E-state index in [0.717, 1.165) is 11.7 Å². The molecule has 2 heteroatoms. The summed E-state index contributed by atoms with van der Waals surface area (Å²) >= 11 is 0. The van der Waals surface area contributed by atoms with Crippen molar-refractivity contribution in [2.75, 3.05) is 20.2 Å². The van der Waals surface area contributed by atoms with Crippen LogP contribution in [0.2, 0.25) is 0 Å². The average Bonchev–Trinajstić information content (AvgIpc) is 2.89. The van der Waals surface area contributed by atoms with Crippen LogP contribution in [0.1, 0.15) is 36.0 Å². The van der Waals surface area contributed by atoms with Crippen molar-refractivity contribution in [1.29, 1.82) is 0 Å². The Bertz CT molecular complexity index is 421. The van der Waals surface area contributed by atoms with Crippen molar-refractivity contribution < 1.29 is 4.74 Å². The van der Waals surface area contributed by atoms with E-state index in [2.05, 4.69) is 17.4 Å². The molecule has 0 amide bonds. The van der Waals surface area contributed by atoms with Crippen molar-refractivity contribution in [2.24, 2.45) is 5.92 Å². The summed E-state index contributed by atoms with van der Waals surface area (Å²) in [7, 11) is 1.80. The van der Waals surface area contributed by atoms with Crippen LogP contribution in [-0.2, 0) is 19.3 Å². The Hall–Kier alpha value is -1.02. The lowest BCUT2D eigenvalue weighted by atomic mass is 9.88. The smallest absolute Gasteiger partial charge is 0.122 e. The van der Waals surface area contributed by atoms with Gasteiger partial charge in [0.2, 0.25) is 0 Å². The zero-order valence-electron chi connectivity index (χ0n) is 11.3. The Kier molecular flexibility index (Phi) is 3.55. The number of hydrogen-bond acceptors (Lipinski definition) is 2. The summed E-state index contributed by atoms with van der Waals surface area (Å²) in [5.41, 5.74) is 4.66. The molecular weight excluding hydrogens is 222 g/mol. The minimum absolute atomic E-state index is 0.791. The molecule has 0 aromatic heterocycles. The molecule has 1 aromatic carbocycles. The summed E-state index contributed by atoms with van der Waals surface area (Å²) in [6.07, 6.45) is 7.71. The van der Waals surface area contributed by atoms with Gasteiger partial charge in [-0.1, -0.05) is 6.07 Å². The molecule has 0 radical (unpaired) electrons. The number of hydrogen-bond donors (Lipinski definition) is 1. The summed E-state index contributed by atoms with van der Waals surface area (Å²) in [6.45, 7) is 2.37. The van der Waals surface area contributed by atoms with Crippen LogP contribution >= 0.6 is 0 Å². The van der Waals surface area contributed by atoms with E-state index in [1.54, 1.807) is 18.2 Å². The lowest BCUT2D eigenvalue weighted by Gasteiger charge is -2.24. The van der Waals surface area contributed by atoms with Gasteiger partial charge in [0.05, 0.1) is 7.11 Å². The fourth-order valence-electron chi connectivity index (χ4n) is 3.52. The highest BCUT2D eigenvalue weighted by Crippen LogP contribution is 2.34. The van der Waals surface area contributed by atoms with E-state index < -0.39 is 0 Å². The van der Waals surface area contributed by atoms with E-state index in [1.165, 1.54) is 57.2 Å². The summed E-state index contributed by atoms with van der Waals surface area (Å²) in [6, 6.07) is 4.44. The van der Waals surface area contributed by atoms with Gasteiger partial charge in [-0.05, 0) is 80.3 Å². The maximum atomic E-state index is 5.59. The minimum atomic E-state index is 0.791. The third kappa shape index (κ3) is 2.26. The Morgan fingerprint density at radius 3 is 3.00 bits per heavy atom. The van der Waals surface area contributed by atoms with Crippen molar-refractivity contribution in [1.82, 2.24) is 5.32 Å². The zero-order chi connectivity index (χ0) is 12.4. The van der Waals surface area contributed by atoms with Gasteiger partial charge in [-0.25, -0.2) is 0 Å². The first-order chi connectivity index (χ1) is 8.88. The molecular formula is C16H23NO. The largest absolute Gasteiger partial charge is 0.496 e. The molecule has 2 aliphatic rings. The van der Waals surface area contributed by atoms with Crippen molar-refractivity contribution in [3.63, 3.8) is 0 Å². The number of methoxy groups -OCH3 is 1. The maximum Gasteiger partial charge on any atom is 0.122 e. The molecule has 1 N–H and O–H groups in total. The molecule has 1 unspecified atom stereocenters. The van der Waals surface area contributed by atoms with Gasteiger partial charge in [0, 0.05) is 0 Å². The van der Waals surface area contributed by atoms with Gasteiger partial charge in [0.25, 0.3) is 0 Å². The predicted octanol–water partition coefficient (Wildman–Crippen LogP) is 2.73. The summed E-state index contributed by atoms with van der Waals surface area (Å²) in [5.74, 6) is 1.90. The molecule has 18 heavy (non-hydrogen) atoms. The van der Waals surface area contributed by atoms with Crippen LogP contribution in [0.4, 0.5) is 0 Å². The van der Waals surface area contributed by atoms with Gasteiger partial charge < -0.3 is 10.1 Å². The highest BCUT2D eigenvalue weighted by atomic mass is 16.5. The highest BCUT2D eigenvalue weighted by molar-refractivity contribution is 5.47. The minimum Gasteiger partial charge on any atom is -0.496 e. The molecule has 0 bridgehead atoms. The quantitative estimate of drug-likeness (QED) is 0.884. The van der Waals surface area contributed by atoms with E-state index in [0.29, 0.717) is 0 Å². The first-order valence-corrected chi connectivity index (χ1v) is 7.27. The zero-order valence-corrected chi connectivity index (χ0v) is 11.3. The molecule has 2 nitrogen and oxygen atoms in total. The van der Waals surface area contributed by atoms with Gasteiger partial charge in [0.15, 0.2) is 0 Å². The monoisotopic (exact) mass is 245 g/mol. The molecule has 0 spiro atoms. The van der Waals surface area contributed by atoms with Crippen LogP contribution in [0.15, 0.2) is 12.1 Å². The molecule has 1 aliphatic carbocycles. The topological polar surface area (TPSA) is 21.3 Å². The molecule has 1 atom stereocenters. The number of rotatable bonds is 3. The number of benzene rings is 1. The molecule has 1 fully saturated rings. The van der Waals surface area contributed by atoms with E-state index >= 15 is 0 Å². The van der Waals surface area contributed by atoms with Gasteiger partial charge >= 0.3 is 0 Å². The molecule has 98 valence electrons. The van der Waals surface area contributed by atoms with Gasteiger partial charge in [-0.3, -0.25) is 0 Å². The molecule has 1 aromatic rings. The third-order valence-corrected chi connectivity index (χ3v) is 4.47. The normalized spacial score (nSPS) is 22.8. The van der Waals surface area contributed by atoms with Gasteiger partial charge in [0.1, 0.15) is 5.75 Å². The van der Waals surface area contributed by atoms with Crippen LogP contribution in [0, 0.1) is 5.92 Å². The van der Waals surface area contributed by atoms with E-state index in [1.807, 2.05) is 0 Å². The van der Waals surface area contributed by atoms with Crippen molar-refractivity contribution in [3.05, 3.63) is 28.8 Å². The van der Waals surface area contributed by atoms with Gasteiger partial charge in [-0.15, -0.1) is 0 Å². The second kappa shape index (κ2) is 5.31. The standard InChI is InChI=1S/C16H23NO/c1-18-16-8-7-13-5-2-6-14(13)15(16)10-12-4-3-9-17-11-12/h7-8,12,17H,2-6,9-11H2,1H3. The SMILES string of the molecule is COc1ccc2c(c1CC1CCCNC1)CCC2. The predicted molar refractivity (Wildman–Crippen MR) is 74.3 cm³/mol. The second-order valence-corrected chi connectivity index (χ2v) is 5.65. The van der Waals surface area contributed by atoms with Crippen molar-refractivity contribution in [3.8, 4) is 5.75 Å². The van der Waals surface area contributed by atoms with Crippen LogP contribution in [0.5, 0.6) is 5.75 Å². The Balaban J connectivity index is 1.86. The van der Waals surface area contributed by atoms with Crippen LogP contribution < -0.4 is 10.1 Å². The van der Waals surface area contributed by atoms with Crippen LogP contribution in [0.3, 0.4) is 0 Å². The number of piperidine rings is 1. The van der Waals surface area contributed by atoms with Crippen LogP contribution in [-0.4, -0.2) is 20.2 Å². The number of ether oxygens (including phenoxy) is 1. The molecule has 1 saturated heterocycles. The Labute approximate surface area is 110 Å². The number of aryl methyl sites for hydroxylation is 1. The summed E-state index contributed by atoms with van der Waals surface area (Å²) < 4.78 is 5.59. The average molecular weight is 245 g/mol. The van der Waals surface area contributed by atoms with Crippen LogP contribution in [0.25, 0.3) is 0 Å². The third-order valence-electron chi connectivity index (χ3n) is 4.47. The Morgan fingerprint density at radius 2 is 2.22 bits per heavy atom. The van der Waals surface area contributed by atoms with Gasteiger partial charge in [-0.2, -0.15) is 0 Å². The summed E-state index contributed by atoms with van der Waals surface area (Å²) in [4.78, 5) is 0. The molecule has 0 saturated carbocycles. The summed E-state index contributed by atoms with van der Waals surface area (Å²) in [5, 5.41) is 3.52.